The first-order chi connectivity index (χ1) is 8.03. The van der Waals surface area contributed by atoms with E-state index in [1.165, 1.54) is 25.7 Å². The summed E-state index contributed by atoms with van der Waals surface area (Å²) in [5.41, 5.74) is 6.44. The van der Waals surface area contributed by atoms with Gasteiger partial charge in [-0.15, -0.1) is 6.58 Å². The Hall–Kier alpha value is -0.340. The fourth-order valence-corrected chi connectivity index (χ4v) is 2.86. The van der Waals surface area contributed by atoms with Crippen molar-refractivity contribution in [2.75, 3.05) is 19.6 Å². The molecule has 0 unspecified atom stereocenters. The van der Waals surface area contributed by atoms with Gasteiger partial charge in [-0.1, -0.05) is 25.8 Å². The molecular formula is C15H30N2. The predicted molar refractivity (Wildman–Crippen MR) is 76.0 cm³/mol. The van der Waals surface area contributed by atoms with Gasteiger partial charge in [0, 0.05) is 19.1 Å². The Morgan fingerprint density at radius 2 is 2.00 bits per heavy atom. The molecule has 0 aliphatic heterocycles. The van der Waals surface area contributed by atoms with Crippen LogP contribution in [-0.4, -0.2) is 30.6 Å². The highest BCUT2D eigenvalue weighted by Crippen LogP contribution is 2.39. The Kier molecular flexibility index (Phi) is 5.68. The lowest BCUT2D eigenvalue weighted by Crippen LogP contribution is -2.47. The van der Waals surface area contributed by atoms with Crippen molar-refractivity contribution in [3.63, 3.8) is 0 Å². The van der Waals surface area contributed by atoms with Crippen molar-refractivity contribution in [1.82, 2.24) is 4.90 Å². The van der Waals surface area contributed by atoms with Crippen LogP contribution < -0.4 is 5.73 Å². The molecule has 0 heterocycles. The summed E-state index contributed by atoms with van der Waals surface area (Å²) in [4.78, 5) is 2.51. The second-order valence-electron chi connectivity index (χ2n) is 6.20. The van der Waals surface area contributed by atoms with Gasteiger partial charge in [-0.2, -0.15) is 0 Å². The van der Waals surface area contributed by atoms with E-state index in [2.05, 4.69) is 32.3 Å². The third-order valence-electron chi connectivity index (χ3n) is 4.40. The average molecular weight is 238 g/mol. The molecule has 0 amide bonds. The van der Waals surface area contributed by atoms with E-state index in [4.69, 9.17) is 5.73 Å². The topological polar surface area (TPSA) is 29.3 Å². The molecule has 2 heteroatoms. The summed E-state index contributed by atoms with van der Waals surface area (Å²) in [6, 6.07) is 0.579. The maximum atomic E-state index is 6.08. The second kappa shape index (κ2) is 6.55. The van der Waals surface area contributed by atoms with Gasteiger partial charge in [-0.25, -0.2) is 0 Å². The van der Waals surface area contributed by atoms with Gasteiger partial charge in [0.15, 0.2) is 0 Å². The van der Waals surface area contributed by atoms with E-state index in [0.29, 0.717) is 11.5 Å². The monoisotopic (exact) mass is 238 g/mol. The SMILES string of the molecule is C=CCN(CC1(CN)CCC(C)CC1)C(C)C. The second-order valence-corrected chi connectivity index (χ2v) is 6.20. The normalized spacial score (nSPS) is 29.9. The van der Waals surface area contributed by atoms with Crippen molar-refractivity contribution in [3.05, 3.63) is 12.7 Å². The van der Waals surface area contributed by atoms with Gasteiger partial charge in [-0.3, -0.25) is 4.90 Å². The first-order valence-corrected chi connectivity index (χ1v) is 7.08. The van der Waals surface area contributed by atoms with Crippen molar-refractivity contribution in [2.24, 2.45) is 17.1 Å². The van der Waals surface area contributed by atoms with Crippen molar-refractivity contribution >= 4 is 0 Å². The third-order valence-corrected chi connectivity index (χ3v) is 4.40. The molecule has 100 valence electrons. The van der Waals surface area contributed by atoms with Crippen LogP contribution in [0.1, 0.15) is 46.5 Å². The van der Waals surface area contributed by atoms with Crippen LogP contribution in [0.2, 0.25) is 0 Å². The van der Waals surface area contributed by atoms with Crippen LogP contribution in [0.3, 0.4) is 0 Å². The van der Waals surface area contributed by atoms with Gasteiger partial charge in [0.2, 0.25) is 0 Å². The first kappa shape index (κ1) is 14.7. The molecule has 1 saturated carbocycles. The quantitative estimate of drug-likeness (QED) is 0.721. The van der Waals surface area contributed by atoms with Gasteiger partial charge >= 0.3 is 0 Å². The van der Waals surface area contributed by atoms with E-state index < -0.39 is 0 Å². The summed E-state index contributed by atoms with van der Waals surface area (Å²) >= 11 is 0. The van der Waals surface area contributed by atoms with Crippen LogP contribution in [0.15, 0.2) is 12.7 Å². The third kappa shape index (κ3) is 4.11. The molecule has 0 aromatic rings. The maximum Gasteiger partial charge on any atom is 0.0163 e. The Balaban J connectivity index is 2.63. The zero-order chi connectivity index (χ0) is 12.9. The van der Waals surface area contributed by atoms with Crippen LogP contribution in [0, 0.1) is 11.3 Å². The molecule has 0 aromatic carbocycles. The molecule has 1 rings (SSSR count). The Morgan fingerprint density at radius 3 is 2.41 bits per heavy atom. The summed E-state index contributed by atoms with van der Waals surface area (Å²) < 4.78 is 0. The average Bonchev–Trinajstić information content (AvgIpc) is 2.31. The van der Waals surface area contributed by atoms with E-state index in [-0.39, 0.29) is 0 Å². The summed E-state index contributed by atoms with van der Waals surface area (Å²) in [5, 5.41) is 0. The molecule has 1 fully saturated rings. The van der Waals surface area contributed by atoms with Gasteiger partial charge in [0.05, 0.1) is 0 Å². The Morgan fingerprint density at radius 1 is 1.41 bits per heavy atom. The highest BCUT2D eigenvalue weighted by molar-refractivity contribution is 4.90. The van der Waals surface area contributed by atoms with Gasteiger partial charge in [0.25, 0.3) is 0 Å². The summed E-state index contributed by atoms with van der Waals surface area (Å²) in [7, 11) is 0. The Labute approximate surface area is 107 Å². The maximum absolute atomic E-state index is 6.08. The molecule has 2 nitrogen and oxygen atoms in total. The standard InChI is InChI=1S/C15H30N2/c1-5-10-17(13(2)3)12-15(11-16)8-6-14(4)7-9-15/h5,13-14H,1,6-12,16H2,2-4H3. The van der Waals surface area contributed by atoms with Gasteiger partial charge < -0.3 is 5.73 Å². The molecule has 0 atom stereocenters. The molecular weight excluding hydrogens is 208 g/mol. The van der Waals surface area contributed by atoms with Crippen LogP contribution in [0.25, 0.3) is 0 Å². The van der Waals surface area contributed by atoms with Crippen molar-refractivity contribution in [2.45, 2.75) is 52.5 Å². The van der Waals surface area contributed by atoms with Gasteiger partial charge in [0.1, 0.15) is 0 Å². The molecule has 1 aliphatic rings. The van der Waals surface area contributed by atoms with E-state index in [0.717, 1.165) is 25.6 Å². The number of nitrogens with zero attached hydrogens (tertiary/aromatic N) is 1. The molecule has 17 heavy (non-hydrogen) atoms. The van der Waals surface area contributed by atoms with E-state index in [1.54, 1.807) is 0 Å². The van der Waals surface area contributed by atoms with Crippen LogP contribution >= 0.6 is 0 Å². The molecule has 0 radical (unpaired) electrons. The van der Waals surface area contributed by atoms with E-state index in [1.807, 2.05) is 6.08 Å². The van der Waals surface area contributed by atoms with E-state index >= 15 is 0 Å². The number of hydrogen-bond acceptors (Lipinski definition) is 2. The number of hydrogen-bond donors (Lipinski definition) is 1. The number of rotatable bonds is 6. The van der Waals surface area contributed by atoms with Crippen molar-refractivity contribution in [3.8, 4) is 0 Å². The smallest absolute Gasteiger partial charge is 0.0163 e. The van der Waals surface area contributed by atoms with E-state index in [9.17, 15) is 0 Å². The fraction of sp³-hybridized carbons (Fsp3) is 0.867. The zero-order valence-electron chi connectivity index (χ0n) is 11.9. The van der Waals surface area contributed by atoms with Crippen LogP contribution in [0.4, 0.5) is 0 Å². The van der Waals surface area contributed by atoms with Crippen molar-refractivity contribution in [1.29, 1.82) is 0 Å². The molecule has 0 aromatic heterocycles. The highest BCUT2D eigenvalue weighted by Gasteiger charge is 2.34. The lowest BCUT2D eigenvalue weighted by Gasteiger charge is -2.43. The zero-order valence-corrected chi connectivity index (χ0v) is 11.9. The first-order valence-electron chi connectivity index (χ1n) is 7.08. The largest absolute Gasteiger partial charge is 0.330 e. The minimum Gasteiger partial charge on any atom is -0.330 e. The number of nitrogens with two attached hydrogens (primary N) is 1. The predicted octanol–water partition coefficient (Wildman–Crippen LogP) is 3.04. The molecule has 2 N–H and O–H groups in total. The molecule has 0 bridgehead atoms. The Bertz CT molecular complexity index is 227. The molecule has 1 aliphatic carbocycles. The van der Waals surface area contributed by atoms with Crippen LogP contribution in [-0.2, 0) is 0 Å². The minimum absolute atomic E-state index is 0.361. The lowest BCUT2D eigenvalue weighted by molar-refractivity contribution is 0.0852. The highest BCUT2D eigenvalue weighted by atomic mass is 15.1. The fourth-order valence-electron chi connectivity index (χ4n) is 2.86. The summed E-state index contributed by atoms with van der Waals surface area (Å²) in [6.45, 7) is 13.7. The van der Waals surface area contributed by atoms with Crippen LogP contribution in [0.5, 0.6) is 0 Å². The summed E-state index contributed by atoms with van der Waals surface area (Å²) in [6.07, 6.45) is 7.29. The van der Waals surface area contributed by atoms with Crippen molar-refractivity contribution < 1.29 is 0 Å². The minimum atomic E-state index is 0.361. The molecule has 0 saturated heterocycles. The molecule has 0 spiro atoms. The van der Waals surface area contributed by atoms with Gasteiger partial charge in [-0.05, 0) is 44.6 Å². The lowest BCUT2D eigenvalue weighted by atomic mass is 9.70. The summed E-state index contributed by atoms with van der Waals surface area (Å²) in [5.74, 6) is 0.890.